The molecule has 164 valence electrons. The average molecular weight is 449 g/mol. The molecule has 0 saturated carbocycles. The second-order valence-electron chi connectivity index (χ2n) is 7.69. The smallest absolute Gasteiger partial charge is 0.320 e. The summed E-state index contributed by atoms with van der Waals surface area (Å²) >= 11 is 1.74. The minimum absolute atomic E-state index is 0.153. The Bertz CT molecular complexity index is 1310. The fraction of sp³-hybridized carbons (Fsp3) is 0.261. The molecule has 1 aliphatic heterocycles. The van der Waals surface area contributed by atoms with Crippen LogP contribution in [0.15, 0.2) is 52.3 Å². The summed E-state index contributed by atoms with van der Waals surface area (Å²) < 4.78 is 7.27. The van der Waals surface area contributed by atoms with E-state index in [4.69, 9.17) is 10.5 Å². The third-order valence-corrected chi connectivity index (χ3v) is 6.59. The summed E-state index contributed by atoms with van der Waals surface area (Å²) in [5.41, 5.74) is 10.2. The number of aromatic hydroxyl groups is 1. The number of hydrogen-bond acceptors (Lipinski definition) is 8. The van der Waals surface area contributed by atoms with Crippen molar-refractivity contribution in [3.8, 4) is 12.0 Å². The van der Waals surface area contributed by atoms with E-state index in [2.05, 4.69) is 76.3 Å². The predicted octanol–water partition coefficient (Wildman–Crippen LogP) is 4.57. The third-order valence-electron chi connectivity index (χ3n) is 5.48. The summed E-state index contributed by atoms with van der Waals surface area (Å²) in [5.74, 6) is 0.190. The number of aromatic nitrogens is 4. The molecule has 0 bridgehead atoms. The molecule has 8 nitrogen and oxygen atoms in total. The Morgan fingerprint density at radius 3 is 2.72 bits per heavy atom. The van der Waals surface area contributed by atoms with Crippen molar-refractivity contribution in [3.05, 3.63) is 48.0 Å². The number of nitrogens with zero attached hydrogens (tertiary/aromatic N) is 5. The Morgan fingerprint density at radius 2 is 1.88 bits per heavy atom. The Morgan fingerprint density at radius 1 is 1.06 bits per heavy atom. The highest BCUT2D eigenvalue weighted by atomic mass is 32.2. The van der Waals surface area contributed by atoms with Gasteiger partial charge in [0.1, 0.15) is 0 Å². The molecule has 5 rings (SSSR count). The van der Waals surface area contributed by atoms with Gasteiger partial charge in [-0.2, -0.15) is 15.0 Å². The van der Waals surface area contributed by atoms with Crippen LogP contribution in [0.2, 0.25) is 0 Å². The first-order valence-electron chi connectivity index (χ1n) is 10.5. The summed E-state index contributed by atoms with van der Waals surface area (Å²) in [6.45, 7) is 2.99. The van der Waals surface area contributed by atoms with Gasteiger partial charge in [0.05, 0.1) is 24.5 Å². The molecule has 0 fully saturated rings. The minimum atomic E-state index is -0.153. The quantitative estimate of drug-likeness (QED) is 0.414. The van der Waals surface area contributed by atoms with Gasteiger partial charge in [-0.05, 0) is 36.2 Å². The maximum atomic E-state index is 10.5. The van der Waals surface area contributed by atoms with Gasteiger partial charge < -0.3 is 20.5 Å². The number of para-hydroxylation sites is 1. The number of anilines is 3. The fourth-order valence-electron chi connectivity index (χ4n) is 3.77. The molecular weight excluding hydrogens is 424 g/mol. The number of benzene rings is 2. The summed E-state index contributed by atoms with van der Waals surface area (Å²) in [4.78, 5) is 17.4. The van der Waals surface area contributed by atoms with Crippen molar-refractivity contribution in [2.45, 2.75) is 36.1 Å². The number of nitrogen functional groups attached to an aromatic ring is 1. The highest BCUT2D eigenvalue weighted by Gasteiger charge is 2.22. The lowest BCUT2D eigenvalue weighted by atomic mass is 10.1. The van der Waals surface area contributed by atoms with Crippen LogP contribution < -0.4 is 15.4 Å². The van der Waals surface area contributed by atoms with Crippen molar-refractivity contribution in [2.24, 2.45) is 0 Å². The van der Waals surface area contributed by atoms with Gasteiger partial charge in [0.15, 0.2) is 17.0 Å². The van der Waals surface area contributed by atoms with Crippen LogP contribution in [-0.2, 0) is 6.54 Å². The van der Waals surface area contributed by atoms with Gasteiger partial charge in [0.25, 0.3) is 6.01 Å². The molecule has 0 unspecified atom stereocenters. The summed E-state index contributed by atoms with van der Waals surface area (Å²) in [6.07, 6.45) is 1.91. The lowest BCUT2D eigenvalue weighted by molar-refractivity contribution is 0.286. The second-order valence-corrected chi connectivity index (χ2v) is 8.78. The van der Waals surface area contributed by atoms with Crippen molar-refractivity contribution < 1.29 is 9.84 Å². The second kappa shape index (κ2) is 8.23. The number of fused-ring (bicyclic) bond motifs is 3. The van der Waals surface area contributed by atoms with Gasteiger partial charge in [0.2, 0.25) is 0 Å². The van der Waals surface area contributed by atoms with E-state index in [0.29, 0.717) is 24.3 Å². The maximum Gasteiger partial charge on any atom is 0.320 e. The first-order chi connectivity index (χ1) is 15.5. The maximum absolute atomic E-state index is 10.5. The van der Waals surface area contributed by atoms with E-state index in [1.165, 1.54) is 10.6 Å². The Balaban J connectivity index is 1.48. The lowest BCUT2D eigenvalue weighted by Crippen LogP contribution is -2.14. The molecule has 1 aliphatic rings. The number of imidazole rings is 1. The summed E-state index contributed by atoms with van der Waals surface area (Å²) in [6, 6.07) is 14.7. The number of rotatable bonds is 6. The van der Waals surface area contributed by atoms with Crippen LogP contribution in [0.25, 0.3) is 11.2 Å². The molecule has 2 aromatic carbocycles. The molecule has 3 N–H and O–H groups in total. The van der Waals surface area contributed by atoms with Crippen LogP contribution in [-0.4, -0.2) is 38.3 Å². The molecule has 0 saturated heterocycles. The zero-order chi connectivity index (χ0) is 22.2. The third kappa shape index (κ3) is 3.58. The standard InChI is InChI=1S/C23H24N6O2S/c1-3-4-11-31-22-26-20(24)19-21(27-22)29(23(30)25-19)13-14-9-10-16-18(12-14)32-17-8-6-5-7-15(17)28(16)2/h5-10,12H,3-4,11,13H2,1-2H3,(H,25,30)(H2,24,26,27). The topological polar surface area (TPSA) is 102 Å². The van der Waals surface area contributed by atoms with Crippen LogP contribution in [0.4, 0.5) is 17.2 Å². The molecule has 0 amide bonds. The van der Waals surface area contributed by atoms with E-state index >= 15 is 0 Å². The van der Waals surface area contributed by atoms with Gasteiger partial charge in [-0.3, -0.25) is 4.57 Å². The molecule has 3 heterocycles. The molecule has 0 spiro atoms. The van der Waals surface area contributed by atoms with E-state index < -0.39 is 0 Å². The van der Waals surface area contributed by atoms with Crippen molar-refractivity contribution in [2.75, 3.05) is 24.3 Å². The monoisotopic (exact) mass is 448 g/mol. The first kappa shape index (κ1) is 20.4. The Labute approximate surface area is 190 Å². The molecule has 2 aromatic heterocycles. The Hall–Kier alpha value is -3.46. The van der Waals surface area contributed by atoms with E-state index in [9.17, 15) is 5.11 Å². The van der Waals surface area contributed by atoms with Crippen molar-refractivity contribution >= 4 is 40.1 Å². The zero-order valence-electron chi connectivity index (χ0n) is 17.9. The highest BCUT2D eigenvalue weighted by molar-refractivity contribution is 7.99. The molecule has 0 atom stereocenters. The minimum Gasteiger partial charge on any atom is -0.480 e. The van der Waals surface area contributed by atoms with Gasteiger partial charge in [-0.15, -0.1) is 0 Å². The summed E-state index contributed by atoms with van der Waals surface area (Å²) in [7, 11) is 2.08. The van der Waals surface area contributed by atoms with Crippen molar-refractivity contribution in [1.82, 2.24) is 19.5 Å². The SMILES string of the molecule is CCCCOc1nc(N)c2nc(O)n(Cc3ccc4c(c3)Sc3ccccc3N4C)c2n1. The van der Waals surface area contributed by atoms with Crippen LogP contribution in [0, 0.1) is 0 Å². The van der Waals surface area contributed by atoms with Crippen LogP contribution in [0.1, 0.15) is 25.3 Å². The van der Waals surface area contributed by atoms with Gasteiger partial charge in [-0.25, -0.2) is 0 Å². The van der Waals surface area contributed by atoms with Gasteiger partial charge >= 0.3 is 6.01 Å². The molecular formula is C23H24N6O2S. The van der Waals surface area contributed by atoms with Gasteiger partial charge in [-0.1, -0.05) is 43.3 Å². The molecule has 4 aromatic rings. The van der Waals surface area contributed by atoms with Crippen LogP contribution >= 0.6 is 11.8 Å². The van der Waals surface area contributed by atoms with E-state index in [1.54, 1.807) is 16.3 Å². The van der Waals surface area contributed by atoms with Gasteiger partial charge in [0, 0.05) is 16.8 Å². The van der Waals surface area contributed by atoms with E-state index in [0.717, 1.165) is 29.0 Å². The average Bonchev–Trinajstić information content (AvgIpc) is 3.10. The number of nitrogens with two attached hydrogens (primary N) is 1. The number of unbranched alkanes of at least 4 members (excludes halogenated alkanes) is 1. The highest BCUT2D eigenvalue weighted by Crippen LogP contribution is 2.47. The van der Waals surface area contributed by atoms with Crippen molar-refractivity contribution in [3.63, 3.8) is 0 Å². The Kier molecular flexibility index (Phi) is 5.26. The van der Waals surface area contributed by atoms with Crippen LogP contribution in [0.3, 0.4) is 0 Å². The number of ether oxygens (including phenoxy) is 1. The predicted molar refractivity (Wildman–Crippen MR) is 126 cm³/mol. The molecule has 32 heavy (non-hydrogen) atoms. The first-order valence-corrected chi connectivity index (χ1v) is 11.4. The largest absolute Gasteiger partial charge is 0.480 e. The van der Waals surface area contributed by atoms with E-state index in [1.807, 2.05) is 0 Å². The molecule has 0 aliphatic carbocycles. The number of hydrogen-bond donors (Lipinski definition) is 2. The molecule has 0 radical (unpaired) electrons. The fourth-order valence-corrected chi connectivity index (χ4v) is 4.99. The lowest BCUT2D eigenvalue weighted by Gasteiger charge is -2.29. The zero-order valence-corrected chi connectivity index (χ0v) is 18.8. The summed E-state index contributed by atoms with van der Waals surface area (Å²) in [5, 5.41) is 10.5. The molecule has 9 heteroatoms. The van der Waals surface area contributed by atoms with E-state index in [-0.39, 0.29) is 17.8 Å². The van der Waals surface area contributed by atoms with Crippen molar-refractivity contribution in [1.29, 1.82) is 0 Å². The van der Waals surface area contributed by atoms with Crippen LogP contribution in [0.5, 0.6) is 12.0 Å². The normalized spacial score (nSPS) is 12.6.